The Morgan fingerprint density at radius 2 is 1.57 bits per heavy atom. The van der Waals surface area contributed by atoms with Gasteiger partial charge in [-0.25, -0.2) is 0 Å². The molecule has 0 atom stereocenters. The molecule has 0 saturated heterocycles. The first kappa shape index (κ1) is 14.8. The Bertz CT molecular complexity index is 900. The van der Waals surface area contributed by atoms with E-state index >= 15 is 0 Å². The SMILES string of the molecule is COc1ccc(/C=C/c2ccc3ccccc3c2)cc1[N+](=O)[O-]. The van der Waals surface area contributed by atoms with E-state index in [-0.39, 0.29) is 11.4 Å². The molecule has 3 aromatic rings. The van der Waals surface area contributed by atoms with Crippen LogP contribution in [0.4, 0.5) is 5.69 Å². The van der Waals surface area contributed by atoms with E-state index in [2.05, 4.69) is 24.3 Å². The minimum Gasteiger partial charge on any atom is -0.490 e. The summed E-state index contributed by atoms with van der Waals surface area (Å²) >= 11 is 0. The maximum absolute atomic E-state index is 11.1. The van der Waals surface area contributed by atoms with Crippen molar-refractivity contribution in [1.82, 2.24) is 0 Å². The Balaban J connectivity index is 1.92. The molecule has 0 bridgehead atoms. The minimum absolute atomic E-state index is 0.0341. The highest BCUT2D eigenvalue weighted by atomic mass is 16.6. The fourth-order valence-electron chi connectivity index (χ4n) is 2.46. The van der Waals surface area contributed by atoms with E-state index in [9.17, 15) is 10.1 Å². The summed E-state index contributed by atoms with van der Waals surface area (Å²) in [6.07, 6.45) is 3.80. The topological polar surface area (TPSA) is 52.4 Å². The molecule has 4 heteroatoms. The van der Waals surface area contributed by atoms with Gasteiger partial charge in [0.1, 0.15) is 0 Å². The summed E-state index contributed by atoms with van der Waals surface area (Å²) in [6, 6.07) is 19.2. The molecule has 3 aromatic carbocycles. The van der Waals surface area contributed by atoms with E-state index in [1.807, 2.05) is 30.4 Å². The van der Waals surface area contributed by atoms with E-state index < -0.39 is 4.92 Å². The molecule has 0 fully saturated rings. The van der Waals surface area contributed by atoms with Gasteiger partial charge in [-0.05, 0) is 34.0 Å². The summed E-state index contributed by atoms with van der Waals surface area (Å²) in [5.41, 5.74) is 1.76. The molecule has 0 unspecified atom stereocenters. The van der Waals surface area contributed by atoms with Crippen molar-refractivity contribution < 1.29 is 9.66 Å². The number of benzene rings is 3. The normalized spacial score (nSPS) is 11.0. The molecule has 0 radical (unpaired) electrons. The number of methoxy groups -OCH3 is 1. The Kier molecular flexibility index (Phi) is 4.06. The number of hydrogen-bond donors (Lipinski definition) is 0. The lowest BCUT2D eigenvalue weighted by Gasteiger charge is -2.02. The summed E-state index contributed by atoms with van der Waals surface area (Å²) in [4.78, 5) is 10.6. The molecular formula is C19H15NO3. The van der Waals surface area contributed by atoms with Crippen molar-refractivity contribution >= 4 is 28.6 Å². The molecule has 114 valence electrons. The zero-order valence-electron chi connectivity index (χ0n) is 12.6. The monoisotopic (exact) mass is 305 g/mol. The Labute approximate surface area is 133 Å². The van der Waals surface area contributed by atoms with E-state index in [4.69, 9.17) is 4.74 Å². The van der Waals surface area contributed by atoms with Crippen molar-refractivity contribution in [3.05, 3.63) is 81.9 Å². The van der Waals surface area contributed by atoms with Crippen LogP contribution in [0.15, 0.2) is 60.7 Å². The van der Waals surface area contributed by atoms with Gasteiger partial charge in [-0.15, -0.1) is 0 Å². The van der Waals surface area contributed by atoms with Gasteiger partial charge in [0.05, 0.1) is 12.0 Å². The molecule has 0 amide bonds. The fraction of sp³-hybridized carbons (Fsp3) is 0.0526. The minimum atomic E-state index is -0.438. The molecule has 0 heterocycles. The van der Waals surface area contributed by atoms with E-state index in [1.165, 1.54) is 18.6 Å². The lowest BCUT2D eigenvalue weighted by atomic mass is 10.1. The van der Waals surface area contributed by atoms with Crippen LogP contribution in [0.5, 0.6) is 5.75 Å². The largest absolute Gasteiger partial charge is 0.490 e. The van der Waals surface area contributed by atoms with Gasteiger partial charge in [0, 0.05) is 6.07 Å². The van der Waals surface area contributed by atoms with Gasteiger partial charge in [0.2, 0.25) is 0 Å². The molecule has 23 heavy (non-hydrogen) atoms. The lowest BCUT2D eigenvalue weighted by molar-refractivity contribution is -0.385. The molecule has 3 rings (SSSR count). The van der Waals surface area contributed by atoms with Gasteiger partial charge in [-0.2, -0.15) is 0 Å². The molecule has 0 saturated carbocycles. The van der Waals surface area contributed by atoms with Crippen molar-refractivity contribution in [2.24, 2.45) is 0 Å². The standard InChI is InChI=1S/C19H15NO3/c1-23-19-11-9-15(13-18(19)20(21)22)7-6-14-8-10-16-4-2-3-5-17(16)12-14/h2-13H,1H3/b7-6+. The number of nitro groups is 1. The second-order valence-corrected chi connectivity index (χ2v) is 5.13. The zero-order chi connectivity index (χ0) is 16.2. The van der Waals surface area contributed by atoms with Crippen LogP contribution in [0.25, 0.3) is 22.9 Å². The van der Waals surface area contributed by atoms with Gasteiger partial charge in [-0.3, -0.25) is 10.1 Å². The van der Waals surface area contributed by atoms with Crippen molar-refractivity contribution in [3.63, 3.8) is 0 Å². The van der Waals surface area contributed by atoms with Crippen LogP contribution in [0.3, 0.4) is 0 Å². The average molecular weight is 305 g/mol. The molecule has 0 aromatic heterocycles. The Hall–Kier alpha value is -3.14. The molecule has 0 spiro atoms. The summed E-state index contributed by atoms with van der Waals surface area (Å²) in [6.45, 7) is 0. The molecule has 4 nitrogen and oxygen atoms in total. The number of nitro benzene ring substituents is 1. The Morgan fingerprint density at radius 1 is 0.913 bits per heavy atom. The van der Waals surface area contributed by atoms with E-state index in [1.54, 1.807) is 12.1 Å². The predicted octanol–water partition coefficient (Wildman–Crippen LogP) is 4.93. The van der Waals surface area contributed by atoms with Gasteiger partial charge in [0.15, 0.2) is 5.75 Å². The van der Waals surface area contributed by atoms with Crippen LogP contribution in [-0.2, 0) is 0 Å². The molecular weight excluding hydrogens is 290 g/mol. The van der Waals surface area contributed by atoms with Crippen LogP contribution in [0.1, 0.15) is 11.1 Å². The number of fused-ring (bicyclic) bond motifs is 1. The predicted molar refractivity (Wildman–Crippen MR) is 92.5 cm³/mol. The molecule has 0 N–H and O–H groups in total. The molecule has 0 aliphatic rings. The lowest BCUT2D eigenvalue weighted by Crippen LogP contribution is -1.93. The van der Waals surface area contributed by atoms with Crippen LogP contribution >= 0.6 is 0 Å². The third-order valence-corrected chi connectivity index (χ3v) is 3.64. The third-order valence-electron chi connectivity index (χ3n) is 3.64. The average Bonchev–Trinajstić information content (AvgIpc) is 2.59. The summed E-state index contributed by atoms with van der Waals surface area (Å²) < 4.78 is 5.01. The smallest absolute Gasteiger partial charge is 0.311 e. The van der Waals surface area contributed by atoms with Gasteiger partial charge in [0.25, 0.3) is 0 Å². The number of ether oxygens (including phenoxy) is 1. The van der Waals surface area contributed by atoms with Gasteiger partial charge in [-0.1, -0.05) is 54.6 Å². The highest BCUT2D eigenvalue weighted by molar-refractivity contribution is 5.86. The fourth-order valence-corrected chi connectivity index (χ4v) is 2.46. The van der Waals surface area contributed by atoms with Crippen molar-refractivity contribution in [2.75, 3.05) is 7.11 Å². The number of rotatable bonds is 4. The second-order valence-electron chi connectivity index (χ2n) is 5.13. The van der Waals surface area contributed by atoms with E-state index in [0.29, 0.717) is 0 Å². The van der Waals surface area contributed by atoms with Crippen molar-refractivity contribution in [1.29, 1.82) is 0 Å². The summed E-state index contributed by atoms with van der Waals surface area (Å²) in [5, 5.41) is 13.4. The van der Waals surface area contributed by atoms with Crippen LogP contribution in [0.2, 0.25) is 0 Å². The highest BCUT2D eigenvalue weighted by Gasteiger charge is 2.14. The molecule has 0 aliphatic heterocycles. The maximum Gasteiger partial charge on any atom is 0.311 e. The van der Waals surface area contributed by atoms with Gasteiger partial charge < -0.3 is 4.74 Å². The Morgan fingerprint density at radius 3 is 2.26 bits per heavy atom. The third kappa shape index (κ3) is 3.21. The number of nitrogens with zero attached hydrogens (tertiary/aromatic N) is 1. The maximum atomic E-state index is 11.1. The van der Waals surface area contributed by atoms with Crippen LogP contribution in [-0.4, -0.2) is 12.0 Å². The van der Waals surface area contributed by atoms with Crippen LogP contribution < -0.4 is 4.74 Å². The van der Waals surface area contributed by atoms with Crippen molar-refractivity contribution in [2.45, 2.75) is 0 Å². The number of hydrogen-bond acceptors (Lipinski definition) is 3. The zero-order valence-corrected chi connectivity index (χ0v) is 12.6. The first-order valence-corrected chi connectivity index (χ1v) is 7.17. The second kappa shape index (κ2) is 6.32. The highest BCUT2D eigenvalue weighted by Crippen LogP contribution is 2.28. The summed E-state index contributed by atoms with van der Waals surface area (Å²) in [5.74, 6) is 0.262. The van der Waals surface area contributed by atoms with Crippen LogP contribution in [0, 0.1) is 10.1 Å². The summed E-state index contributed by atoms with van der Waals surface area (Å²) in [7, 11) is 1.42. The first-order valence-electron chi connectivity index (χ1n) is 7.17. The van der Waals surface area contributed by atoms with Gasteiger partial charge >= 0.3 is 5.69 Å². The van der Waals surface area contributed by atoms with Crippen molar-refractivity contribution in [3.8, 4) is 5.75 Å². The molecule has 0 aliphatic carbocycles. The first-order chi connectivity index (χ1) is 11.2. The quantitative estimate of drug-likeness (QED) is 0.390. The van der Waals surface area contributed by atoms with E-state index in [0.717, 1.165) is 16.5 Å².